The standard InChI is InChI=1S/C12H11N5S/c1-17-7-10(6-14-17)8-2-4-9(5-3-8)11-15-16-12(13)18-11/h2-7H,1H3,(H2,13,16). The summed E-state index contributed by atoms with van der Waals surface area (Å²) in [5, 5.41) is 13.3. The topological polar surface area (TPSA) is 69.6 Å². The third-order valence-electron chi connectivity index (χ3n) is 2.61. The number of hydrogen-bond donors (Lipinski definition) is 1. The Bertz CT molecular complexity index is 609. The first-order valence-corrected chi connectivity index (χ1v) is 6.22. The Morgan fingerprint density at radius 1 is 1.06 bits per heavy atom. The zero-order chi connectivity index (χ0) is 12.5. The van der Waals surface area contributed by atoms with Gasteiger partial charge in [-0.25, -0.2) is 0 Å². The maximum absolute atomic E-state index is 5.57. The molecule has 0 radical (unpaired) electrons. The van der Waals surface area contributed by atoms with Crippen molar-refractivity contribution in [3.63, 3.8) is 0 Å². The van der Waals surface area contributed by atoms with Crippen molar-refractivity contribution in [3.8, 4) is 21.7 Å². The molecule has 0 spiro atoms. The van der Waals surface area contributed by atoms with E-state index >= 15 is 0 Å². The van der Waals surface area contributed by atoms with Gasteiger partial charge < -0.3 is 5.73 Å². The van der Waals surface area contributed by atoms with Gasteiger partial charge in [0.15, 0.2) is 0 Å². The second-order valence-corrected chi connectivity index (χ2v) is 4.93. The van der Waals surface area contributed by atoms with Crippen LogP contribution in [-0.2, 0) is 7.05 Å². The largest absolute Gasteiger partial charge is 0.374 e. The van der Waals surface area contributed by atoms with Crippen molar-refractivity contribution in [2.24, 2.45) is 7.05 Å². The zero-order valence-electron chi connectivity index (χ0n) is 9.74. The van der Waals surface area contributed by atoms with Crippen LogP contribution in [0.3, 0.4) is 0 Å². The lowest BCUT2D eigenvalue weighted by molar-refractivity contribution is 0.768. The Kier molecular flexibility index (Phi) is 2.56. The number of rotatable bonds is 2. The van der Waals surface area contributed by atoms with E-state index in [2.05, 4.69) is 15.3 Å². The van der Waals surface area contributed by atoms with E-state index in [4.69, 9.17) is 5.73 Å². The van der Waals surface area contributed by atoms with Crippen LogP contribution < -0.4 is 5.73 Å². The number of benzene rings is 1. The average Bonchev–Trinajstić information content (AvgIpc) is 2.98. The molecule has 0 saturated carbocycles. The Hall–Kier alpha value is -2.21. The molecule has 0 unspecified atom stereocenters. The van der Waals surface area contributed by atoms with Crippen LogP contribution in [0.15, 0.2) is 36.7 Å². The van der Waals surface area contributed by atoms with Crippen LogP contribution in [-0.4, -0.2) is 20.0 Å². The average molecular weight is 257 g/mol. The van der Waals surface area contributed by atoms with Crippen molar-refractivity contribution in [1.29, 1.82) is 0 Å². The van der Waals surface area contributed by atoms with Crippen LogP contribution in [0.4, 0.5) is 5.13 Å². The van der Waals surface area contributed by atoms with Crippen molar-refractivity contribution in [3.05, 3.63) is 36.7 Å². The van der Waals surface area contributed by atoms with E-state index in [0.29, 0.717) is 5.13 Å². The highest BCUT2D eigenvalue weighted by molar-refractivity contribution is 7.18. The zero-order valence-corrected chi connectivity index (χ0v) is 10.6. The van der Waals surface area contributed by atoms with E-state index in [-0.39, 0.29) is 0 Å². The second-order valence-electron chi connectivity index (χ2n) is 3.93. The SMILES string of the molecule is Cn1cc(-c2ccc(-c3nnc(N)s3)cc2)cn1. The Labute approximate surface area is 108 Å². The molecule has 2 aromatic heterocycles. The third kappa shape index (κ3) is 1.98. The predicted molar refractivity (Wildman–Crippen MR) is 72.0 cm³/mol. The van der Waals surface area contributed by atoms with Crippen LogP contribution in [0.2, 0.25) is 0 Å². The summed E-state index contributed by atoms with van der Waals surface area (Å²) < 4.78 is 1.79. The lowest BCUT2D eigenvalue weighted by atomic mass is 10.1. The van der Waals surface area contributed by atoms with Gasteiger partial charge in [-0.3, -0.25) is 4.68 Å². The van der Waals surface area contributed by atoms with Gasteiger partial charge >= 0.3 is 0 Å². The number of aromatic nitrogens is 4. The molecular weight excluding hydrogens is 246 g/mol. The molecule has 0 aliphatic carbocycles. The monoisotopic (exact) mass is 257 g/mol. The minimum absolute atomic E-state index is 0.487. The van der Waals surface area contributed by atoms with Crippen LogP contribution >= 0.6 is 11.3 Å². The van der Waals surface area contributed by atoms with E-state index in [1.165, 1.54) is 11.3 Å². The lowest BCUT2D eigenvalue weighted by Crippen LogP contribution is -1.84. The lowest BCUT2D eigenvalue weighted by Gasteiger charge is -1.99. The molecule has 1 aromatic carbocycles. The van der Waals surface area contributed by atoms with Crippen LogP contribution in [0.5, 0.6) is 0 Å². The maximum Gasteiger partial charge on any atom is 0.203 e. The van der Waals surface area contributed by atoms with E-state index in [0.717, 1.165) is 21.7 Å². The quantitative estimate of drug-likeness (QED) is 0.764. The molecule has 2 heterocycles. The number of nitrogens with zero attached hydrogens (tertiary/aromatic N) is 4. The van der Waals surface area contributed by atoms with E-state index in [1.54, 1.807) is 4.68 Å². The summed E-state index contributed by atoms with van der Waals surface area (Å²) in [7, 11) is 1.90. The molecule has 2 N–H and O–H groups in total. The number of nitrogens with two attached hydrogens (primary N) is 1. The first kappa shape index (κ1) is 10.9. The molecule has 0 saturated heterocycles. The van der Waals surface area contributed by atoms with Crippen molar-refractivity contribution < 1.29 is 0 Å². The molecule has 5 nitrogen and oxygen atoms in total. The number of hydrogen-bond acceptors (Lipinski definition) is 5. The Morgan fingerprint density at radius 2 is 1.78 bits per heavy atom. The highest BCUT2D eigenvalue weighted by atomic mass is 32.1. The van der Waals surface area contributed by atoms with E-state index in [9.17, 15) is 0 Å². The molecule has 3 aromatic rings. The number of aryl methyl sites for hydroxylation is 1. The van der Waals surface area contributed by atoms with Gasteiger partial charge in [0.1, 0.15) is 5.01 Å². The van der Waals surface area contributed by atoms with E-state index in [1.807, 2.05) is 43.7 Å². The fourth-order valence-corrected chi connectivity index (χ4v) is 2.34. The molecule has 0 atom stereocenters. The summed E-state index contributed by atoms with van der Waals surface area (Å²) in [4.78, 5) is 0. The van der Waals surface area contributed by atoms with E-state index < -0.39 is 0 Å². The molecule has 0 bridgehead atoms. The molecule has 6 heteroatoms. The minimum Gasteiger partial charge on any atom is -0.374 e. The predicted octanol–water partition coefficient (Wildman–Crippen LogP) is 2.19. The summed E-state index contributed by atoms with van der Waals surface area (Å²) in [6.07, 6.45) is 3.83. The fraction of sp³-hybridized carbons (Fsp3) is 0.0833. The third-order valence-corrected chi connectivity index (χ3v) is 3.41. The molecule has 18 heavy (non-hydrogen) atoms. The Balaban J connectivity index is 1.94. The molecule has 3 rings (SSSR count). The van der Waals surface area contributed by atoms with Crippen LogP contribution in [0.25, 0.3) is 21.7 Å². The molecule has 0 aliphatic heterocycles. The minimum atomic E-state index is 0.487. The summed E-state index contributed by atoms with van der Waals surface area (Å²) in [6.45, 7) is 0. The summed E-state index contributed by atoms with van der Waals surface area (Å²) in [5.41, 5.74) is 8.83. The van der Waals surface area contributed by atoms with Gasteiger partial charge in [0.05, 0.1) is 6.20 Å². The van der Waals surface area contributed by atoms with Gasteiger partial charge in [0.25, 0.3) is 0 Å². The normalized spacial score (nSPS) is 10.7. The first-order valence-electron chi connectivity index (χ1n) is 5.41. The molecular formula is C12H11N5S. The number of nitrogen functional groups attached to an aromatic ring is 1. The van der Waals surface area contributed by atoms with Gasteiger partial charge in [-0.05, 0) is 5.56 Å². The second kappa shape index (κ2) is 4.23. The van der Waals surface area contributed by atoms with Crippen LogP contribution in [0.1, 0.15) is 0 Å². The highest BCUT2D eigenvalue weighted by Gasteiger charge is 2.05. The maximum atomic E-state index is 5.57. The molecule has 0 amide bonds. The summed E-state index contributed by atoms with van der Waals surface area (Å²) in [5.74, 6) is 0. The highest BCUT2D eigenvalue weighted by Crippen LogP contribution is 2.27. The van der Waals surface area contributed by atoms with Crippen molar-refractivity contribution in [2.75, 3.05) is 5.73 Å². The Morgan fingerprint density at radius 3 is 2.33 bits per heavy atom. The summed E-state index contributed by atoms with van der Waals surface area (Å²) >= 11 is 1.39. The van der Waals surface area contributed by atoms with Gasteiger partial charge in [-0.2, -0.15) is 5.10 Å². The first-order chi connectivity index (χ1) is 8.72. The van der Waals surface area contributed by atoms with Crippen LogP contribution in [0, 0.1) is 0 Å². The van der Waals surface area contributed by atoms with Gasteiger partial charge in [-0.15, -0.1) is 10.2 Å². The van der Waals surface area contributed by atoms with Gasteiger partial charge in [0, 0.05) is 24.4 Å². The summed E-state index contributed by atoms with van der Waals surface area (Å²) in [6, 6.07) is 8.12. The van der Waals surface area contributed by atoms with Crippen molar-refractivity contribution >= 4 is 16.5 Å². The van der Waals surface area contributed by atoms with Gasteiger partial charge in [0.2, 0.25) is 5.13 Å². The van der Waals surface area contributed by atoms with Gasteiger partial charge in [-0.1, -0.05) is 35.6 Å². The van der Waals surface area contributed by atoms with Crippen molar-refractivity contribution in [2.45, 2.75) is 0 Å². The number of anilines is 1. The molecule has 90 valence electrons. The molecule has 0 aliphatic rings. The smallest absolute Gasteiger partial charge is 0.203 e. The molecule has 0 fully saturated rings. The van der Waals surface area contributed by atoms with Crippen molar-refractivity contribution in [1.82, 2.24) is 20.0 Å². The fourth-order valence-electron chi connectivity index (χ4n) is 1.73.